The molecule has 1 amide bonds. The van der Waals surface area contributed by atoms with Crippen LogP contribution in [0.5, 0.6) is 5.75 Å². The zero-order valence-electron chi connectivity index (χ0n) is 12.3. The van der Waals surface area contributed by atoms with Gasteiger partial charge in [-0.05, 0) is 24.4 Å². The van der Waals surface area contributed by atoms with Crippen LogP contribution in [-0.2, 0) is 4.74 Å². The lowest BCUT2D eigenvalue weighted by atomic mass is 10.0. The van der Waals surface area contributed by atoms with Gasteiger partial charge in [-0.15, -0.1) is 0 Å². The molecule has 1 saturated heterocycles. The van der Waals surface area contributed by atoms with Crippen molar-refractivity contribution in [2.75, 3.05) is 26.8 Å². The molecular weight excluding hydrogens is 266 g/mol. The average Bonchev–Trinajstić information content (AvgIpc) is 2.53. The summed E-state index contributed by atoms with van der Waals surface area (Å²) in [5, 5.41) is 1.90. The minimum Gasteiger partial charge on any atom is -0.496 e. The van der Waals surface area contributed by atoms with Crippen molar-refractivity contribution in [2.24, 2.45) is 0 Å². The van der Waals surface area contributed by atoms with Crippen molar-refractivity contribution in [1.82, 2.24) is 4.90 Å². The Kier molecular flexibility index (Phi) is 3.80. The Labute approximate surface area is 124 Å². The normalized spacial score (nSPS) is 18.8. The second-order valence-electron chi connectivity index (χ2n) is 5.29. The van der Waals surface area contributed by atoms with Crippen LogP contribution >= 0.6 is 0 Å². The van der Waals surface area contributed by atoms with Crippen molar-refractivity contribution in [3.63, 3.8) is 0 Å². The first-order chi connectivity index (χ1) is 10.2. The van der Waals surface area contributed by atoms with Crippen LogP contribution in [0.2, 0.25) is 0 Å². The topological polar surface area (TPSA) is 38.8 Å². The Morgan fingerprint density at radius 2 is 2.00 bits per heavy atom. The molecule has 0 aliphatic carbocycles. The summed E-state index contributed by atoms with van der Waals surface area (Å²) in [4.78, 5) is 14.7. The Morgan fingerprint density at radius 1 is 1.24 bits per heavy atom. The molecule has 4 nitrogen and oxygen atoms in total. The Bertz CT molecular complexity index is 668. The van der Waals surface area contributed by atoms with Crippen molar-refractivity contribution in [3.05, 3.63) is 42.0 Å². The van der Waals surface area contributed by atoms with E-state index in [4.69, 9.17) is 9.47 Å². The first-order valence-corrected chi connectivity index (χ1v) is 7.17. The maximum absolute atomic E-state index is 12.8. The van der Waals surface area contributed by atoms with Crippen molar-refractivity contribution in [3.8, 4) is 5.75 Å². The zero-order valence-corrected chi connectivity index (χ0v) is 12.3. The monoisotopic (exact) mass is 285 g/mol. The highest BCUT2D eigenvalue weighted by Crippen LogP contribution is 2.29. The van der Waals surface area contributed by atoms with Gasteiger partial charge in [-0.1, -0.05) is 24.3 Å². The molecular formula is C17H19NO3. The molecule has 1 unspecified atom stereocenters. The molecule has 0 saturated carbocycles. The summed E-state index contributed by atoms with van der Waals surface area (Å²) in [7, 11) is 1.65. The SMILES string of the molecule is COc1ccc(C(=O)N2CCOC(C)C2)c2ccccc12. The Hall–Kier alpha value is -2.07. The number of amides is 1. The van der Waals surface area contributed by atoms with Gasteiger partial charge >= 0.3 is 0 Å². The van der Waals surface area contributed by atoms with Gasteiger partial charge in [-0.25, -0.2) is 0 Å². The van der Waals surface area contributed by atoms with E-state index in [1.165, 1.54) is 0 Å². The molecule has 1 fully saturated rings. The minimum atomic E-state index is 0.0593. The van der Waals surface area contributed by atoms with Crippen LogP contribution in [0.3, 0.4) is 0 Å². The van der Waals surface area contributed by atoms with Crippen molar-refractivity contribution in [2.45, 2.75) is 13.0 Å². The van der Waals surface area contributed by atoms with Gasteiger partial charge in [-0.2, -0.15) is 0 Å². The number of carbonyl (C=O) groups is 1. The average molecular weight is 285 g/mol. The van der Waals surface area contributed by atoms with Gasteiger partial charge in [-0.3, -0.25) is 4.79 Å². The van der Waals surface area contributed by atoms with Gasteiger partial charge in [0.1, 0.15) is 5.75 Å². The Morgan fingerprint density at radius 3 is 2.71 bits per heavy atom. The van der Waals surface area contributed by atoms with Gasteiger partial charge in [0, 0.05) is 24.0 Å². The lowest BCUT2D eigenvalue weighted by Crippen LogP contribution is -2.44. The number of rotatable bonds is 2. The molecule has 2 aromatic rings. The van der Waals surface area contributed by atoms with Crippen LogP contribution in [0.15, 0.2) is 36.4 Å². The molecule has 110 valence electrons. The molecule has 1 aliphatic rings. The number of hydrogen-bond donors (Lipinski definition) is 0. The quantitative estimate of drug-likeness (QED) is 0.851. The van der Waals surface area contributed by atoms with E-state index in [0.717, 1.165) is 22.1 Å². The van der Waals surface area contributed by atoms with Gasteiger partial charge in [0.05, 0.1) is 19.8 Å². The standard InChI is InChI=1S/C17H19NO3/c1-12-11-18(9-10-21-12)17(19)15-7-8-16(20-2)14-6-4-3-5-13(14)15/h3-8,12H,9-11H2,1-2H3. The molecule has 1 heterocycles. The second-order valence-corrected chi connectivity index (χ2v) is 5.29. The molecule has 4 heteroatoms. The van der Waals surface area contributed by atoms with Crippen molar-refractivity contribution < 1.29 is 14.3 Å². The molecule has 0 aromatic heterocycles. The third kappa shape index (κ3) is 2.59. The maximum atomic E-state index is 12.8. The summed E-state index contributed by atoms with van der Waals surface area (Å²) < 4.78 is 10.9. The fourth-order valence-electron chi connectivity index (χ4n) is 2.81. The molecule has 1 atom stereocenters. The largest absolute Gasteiger partial charge is 0.496 e. The summed E-state index contributed by atoms with van der Waals surface area (Å²) in [6.45, 7) is 3.87. The van der Waals surface area contributed by atoms with Crippen LogP contribution in [-0.4, -0.2) is 43.7 Å². The number of hydrogen-bond acceptors (Lipinski definition) is 3. The maximum Gasteiger partial charge on any atom is 0.254 e. The fraction of sp³-hybridized carbons (Fsp3) is 0.353. The molecule has 3 rings (SSSR count). The lowest BCUT2D eigenvalue weighted by Gasteiger charge is -2.31. The van der Waals surface area contributed by atoms with Gasteiger partial charge in [0.15, 0.2) is 0 Å². The van der Waals surface area contributed by atoms with Crippen molar-refractivity contribution >= 4 is 16.7 Å². The van der Waals surface area contributed by atoms with E-state index in [1.807, 2.05) is 48.2 Å². The van der Waals surface area contributed by atoms with Crippen LogP contribution < -0.4 is 4.74 Å². The minimum absolute atomic E-state index is 0.0593. The zero-order chi connectivity index (χ0) is 14.8. The summed E-state index contributed by atoms with van der Waals surface area (Å²) in [5.41, 5.74) is 0.723. The molecule has 21 heavy (non-hydrogen) atoms. The van der Waals surface area contributed by atoms with E-state index in [0.29, 0.717) is 19.7 Å². The highest BCUT2D eigenvalue weighted by atomic mass is 16.5. The number of fused-ring (bicyclic) bond motifs is 1. The van der Waals surface area contributed by atoms with Gasteiger partial charge < -0.3 is 14.4 Å². The molecule has 2 aromatic carbocycles. The van der Waals surface area contributed by atoms with Crippen LogP contribution in [0, 0.1) is 0 Å². The summed E-state index contributed by atoms with van der Waals surface area (Å²) in [6, 6.07) is 11.6. The van der Waals surface area contributed by atoms with Crippen LogP contribution in [0.25, 0.3) is 10.8 Å². The first kappa shape index (κ1) is 13.9. The summed E-state index contributed by atoms with van der Waals surface area (Å²) in [5.74, 6) is 0.849. The van der Waals surface area contributed by atoms with E-state index < -0.39 is 0 Å². The third-order valence-electron chi connectivity index (χ3n) is 3.86. The van der Waals surface area contributed by atoms with Crippen LogP contribution in [0.4, 0.5) is 0 Å². The number of ether oxygens (including phenoxy) is 2. The molecule has 0 spiro atoms. The summed E-state index contributed by atoms with van der Waals surface area (Å²) >= 11 is 0. The predicted molar refractivity (Wildman–Crippen MR) is 81.8 cm³/mol. The van der Waals surface area contributed by atoms with E-state index in [9.17, 15) is 4.79 Å². The van der Waals surface area contributed by atoms with Gasteiger partial charge in [0.2, 0.25) is 0 Å². The number of methoxy groups -OCH3 is 1. The van der Waals surface area contributed by atoms with E-state index in [1.54, 1.807) is 7.11 Å². The number of benzene rings is 2. The number of carbonyl (C=O) groups excluding carboxylic acids is 1. The second kappa shape index (κ2) is 5.74. The highest BCUT2D eigenvalue weighted by molar-refractivity contribution is 6.08. The lowest BCUT2D eigenvalue weighted by molar-refractivity contribution is -0.0123. The number of morpholine rings is 1. The Balaban J connectivity index is 2.02. The molecule has 0 radical (unpaired) electrons. The first-order valence-electron chi connectivity index (χ1n) is 7.17. The summed E-state index contributed by atoms with van der Waals surface area (Å²) in [6.07, 6.45) is 0.0900. The van der Waals surface area contributed by atoms with Crippen molar-refractivity contribution in [1.29, 1.82) is 0 Å². The molecule has 0 N–H and O–H groups in total. The third-order valence-corrected chi connectivity index (χ3v) is 3.86. The molecule has 1 aliphatic heterocycles. The number of nitrogens with zero attached hydrogens (tertiary/aromatic N) is 1. The van der Waals surface area contributed by atoms with E-state index in [-0.39, 0.29) is 12.0 Å². The van der Waals surface area contributed by atoms with Crippen LogP contribution in [0.1, 0.15) is 17.3 Å². The predicted octanol–water partition coefficient (Wildman–Crippen LogP) is 2.71. The molecule has 0 bridgehead atoms. The fourth-order valence-corrected chi connectivity index (χ4v) is 2.81. The van der Waals surface area contributed by atoms with E-state index in [2.05, 4.69) is 0 Å². The smallest absolute Gasteiger partial charge is 0.254 e. The van der Waals surface area contributed by atoms with E-state index >= 15 is 0 Å². The highest BCUT2D eigenvalue weighted by Gasteiger charge is 2.24. The van der Waals surface area contributed by atoms with Gasteiger partial charge in [0.25, 0.3) is 5.91 Å².